The molecule has 0 aliphatic rings. The minimum absolute atomic E-state index is 0.146. The fraction of sp³-hybridized carbons (Fsp3) is 0.125. The second-order valence-electron chi connectivity index (χ2n) is 4.87. The van der Waals surface area contributed by atoms with Gasteiger partial charge in [-0.05, 0) is 36.8 Å². The molecule has 7 nitrogen and oxygen atoms in total. The molecule has 2 rings (SSSR count). The zero-order chi connectivity index (χ0) is 17.7. The van der Waals surface area contributed by atoms with Crippen molar-refractivity contribution in [1.29, 1.82) is 0 Å². The van der Waals surface area contributed by atoms with Gasteiger partial charge in [-0.2, -0.15) is 5.10 Å². The first-order chi connectivity index (χ1) is 11.4. The van der Waals surface area contributed by atoms with E-state index in [0.717, 1.165) is 5.56 Å². The lowest BCUT2D eigenvalue weighted by Gasteiger charge is -2.04. The Morgan fingerprint density at radius 3 is 2.71 bits per heavy atom. The third kappa shape index (κ3) is 4.08. The average Bonchev–Trinajstić information content (AvgIpc) is 2.54. The van der Waals surface area contributed by atoms with Gasteiger partial charge in [0, 0.05) is 11.6 Å². The number of methoxy groups -OCH3 is 1. The fourth-order valence-electron chi connectivity index (χ4n) is 1.96. The Balaban J connectivity index is 2.12. The van der Waals surface area contributed by atoms with Crippen molar-refractivity contribution >= 4 is 29.4 Å². The Kier molecular flexibility index (Phi) is 5.49. The van der Waals surface area contributed by atoms with E-state index in [4.69, 9.17) is 16.3 Å². The summed E-state index contributed by atoms with van der Waals surface area (Å²) in [6.07, 6.45) is 1.30. The largest absolute Gasteiger partial charge is 0.490 e. The van der Waals surface area contributed by atoms with E-state index in [0.29, 0.717) is 16.1 Å². The monoisotopic (exact) mass is 347 g/mol. The lowest BCUT2D eigenvalue weighted by molar-refractivity contribution is -0.385. The van der Waals surface area contributed by atoms with Crippen molar-refractivity contribution in [2.45, 2.75) is 6.92 Å². The summed E-state index contributed by atoms with van der Waals surface area (Å²) in [4.78, 5) is 22.4. The molecule has 0 unspecified atom stereocenters. The standard InChI is InChI=1S/C16H14ClN3O4/c1-10-3-5-12(13(17)7-10)16(21)19-18-9-11-4-6-15(24-2)14(8-11)20(22)23/h3-9H,1-2H3,(H,19,21)/b18-9+. The molecule has 0 atom stereocenters. The molecule has 0 radical (unpaired) electrons. The van der Waals surface area contributed by atoms with E-state index >= 15 is 0 Å². The number of nitro groups is 1. The summed E-state index contributed by atoms with van der Waals surface area (Å²) in [7, 11) is 1.35. The zero-order valence-corrected chi connectivity index (χ0v) is 13.7. The second kappa shape index (κ2) is 7.56. The van der Waals surface area contributed by atoms with Crippen molar-refractivity contribution in [2.75, 3.05) is 7.11 Å². The smallest absolute Gasteiger partial charge is 0.311 e. The minimum atomic E-state index is -0.555. The van der Waals surface area contributed by atoms with Gasteiger partial charge < -0.3 is 4.74 Å². The van der Waals surface area contributed by atoms with Gasteiger partial charge in [-0.3, -0.25) is 14.9 Å². The van der Waals surface area contributed by atoms with E-state index in [1.54, 1.807) is 24.3 Å². The number of carbonyl (C=O) groups is 1. The van der Waals surface area contributed by atoms with Crippen LogP contribution in [-0.4, -0.2) is 24.2 Å². The van der Waals surface area contributed by atoms with Crippen molar-refractivity contribution in [3.05, 3.63) is 68.2 Å². The Labute approximate surface area is 143 Å². The van der Waals surface area contributed by atoms with Gasteiger partial charge in [0.25, 0.3) is 5.91 Å². The van der Waals surface area contributed by atoms with E-state index < -0.39 is 10.8 Å². The molecule has 1 N–H and O–H groups in total. The van der Waals surface area contributed by atoms with Crippen molar-refractivity contribution in [3.63, 3.8) is 0 Å². The molecule has 0 aromatic heterocycles. The first-order valence-corrected chi connectivity index (χ1v) is 7.22. The van der Waals surface area contributed by atoms with Crippen LogP contribution in [0.2, 0.25) is 5.02 Å². The Hall–Kier alpha value is -2.93. The molecule has 0 saturated heterocycles. The van der Waals surface area contributed by atoms with Gasteiger partial charge in [-0.1, -0.05) is 17.7 Å². The SMILES string of the molecule is COc1ccc(/C=N/NC(=O)c2ccc(C)cc2Cl)cc1[N+](=O)[O-]. The van der Waals surface area contributed by atoms with Gasteiger partial charge in [0.15, 0.2) is 5.75 Å². The third-order valence-electron chi connectivity index (χ3n) is 3.15. The van der Waals surface area contributed by atoms with Gasteiger partial charge in [-0.15, -0.1) is 0 Å². The van der Waals surface area contributed by atoms with Crippen LogP contribution in [0.4, 0.5) is 5.69 Å². The first kappa shape index (κ1) is 17.4. The molecule has 1 amide bonds. The number of benzene rings is 2. The molecular weight excluding hydrogens is 334 g/mol. The summed E-state index contributed by atoms with van der Waals surface area (Å²) in [5, 5.41) is 15.1. The molecule has 2 aromatic rings. The van der Waals surface area contributed by atoms with Crippen LogP contribution in [-0.2, 0) is 0 Å². The molecule has 8 heteroatoms. The molecule has 0 aliphatic carbocycles. The molecule has 124 valence electrons. The van der Waals surface area contributed by atoms with Gasteiger partial charge in [0.05, 0.1) is 28.8 Å². The summed E-state index contributed by atoms with van der Waals surface area (Å²) >= 11 is 6.01. The summed E-state index contributed by atoms with van der Waals surface area (Å²) < 4.78 is 4.91. The molecule has 0 spiro atoms. The Morgan fingerprint density at radius 1 is 1.33 bits per heavy atom. The fourth-order valence-corrected chi connectivity index (χ4v) is 2.28. The topological polar surface area (TPSA) is 93.8 Å². The predicted octanol–water partition coefficient (Wildman–Crippen LogP) is 3.33. The first-order valence-electron chi connectivity index (χ1n) is 6.84. The third-order valence-corrected chi connectivity index (χ3v) is 3.46. The second-order valence-corrected chi connectivity index (χ2v) is 5.28. The van der Waals surface area contributed by atoms with Gasteiger partial charge in [0.1, 0.15) is 0 Å². The van der Waals surface area contributed by atoms with Crippen LogP contribution in [0.15, 0.2) is 41.5 Å². The lowest BCUT2D eigenvalue weighted by atomic mass is 10.1. The van der Waals surface area contributed by atoms with Gasteiger partial charge in [0.2, 0.25) is 0 Å². The average molecular weight is 348 g/mol. The molecular formula is C16H14ClN3O4. The summed E-state index contributed by atoms with van der Waals surface area (Å²) in [5.74, 6) is -0.327. The molecule has 0 heterocycles. The van der Waals surface area contributed by atoms with Crippen LogP contribution in [0.1, 0.15) is 21.5 Å². The van der Waals surface area contributed by atoms with E-state index in [-0.39, 0.29) is 11.4 Å². The van der Waals surface area contributed by atoms with Crippen molar-refractivity contribution < 1.29 is 14.5 Å². The summed E-state index contributed by atoms with van der Waals surface area (Å²) in [6, 6.07) is 9.37. The van der Waals surface area contributed by atoms with Crippen LogP contribution < -0.4 is 10.2 Å². The highest BCUT2D eigenvalue weighted by molar-refractivity contribution is 6.33. The number of hydrogen-bond donors (Lipinski definition) is 1. The molecule has 0 fully saturated rings. The number of nitrogens with one attached hydrogen (secondary N) is 1. The highest BCUT2D eigenvalue weighted by Gasteiger charge is 2.14. The predicted molar refractivity (Wildman–Crippen MR) is 90.9 cm³/mol. The Morgan fingerprint density at radius 2 is 2.08 bits per heavy atom. The molecule has 0 saturated carbocycles. The number of aryl methyl sites for hydroxylation is 1. The van der Waals surface area contributed by atoms with E-state index in [9.17, 15) is 14.9 Å². The van der Waals surface area contributed by atoms with Gasteiger partial charge >= 0.3 is 5.69 Å². The van der Waals surface area contributed by atoms with E-state index in [1.165, 1.54) is 25.5 Å². The number of carbonyl (C=O) groups excluding carboxylic acids is 1. The van der Waals surface area contributed by atoms with Crippen LogP contribution in [0.3, 0.4) is 0 Å². The van der Waals surface area contributed by atoms with Crippen molar-refractivity contribution in [3.8, 4) is 5.75 Å². The minimum Gasteiger partial charge on any atom is -0.490 e. The van der Waals surface area contributed by atoms with E-state index in [2.05, 4.69) is 10.5 Å². The number of hydrogen-bond acceptors (Lipinski definition) is 5. The maximum absolute atomic E-state index is 12.0. The molecule has 24 heavy (non-hydrogen) atoms. The molecule has 2 aromatic carbocycles. The molecule has 0 aliphatic heterocycles. The van der Waals surface area contributed by atoms with Crippen LogP contribution in [0, 0.1) is 17.0 Å². The summed E-state index contributed by atoms with van der Waals surface area (Å²) in [6.45, 7) is 1.86. The number of ether oxygens (including phenoxy) is 1. The molecule has 0 bridgehead atoms. The Bertz CT molecular complexity index is 821. The van der Waals surface area contributed by atoms with Crippen molar-refractivity contribution in [2.24, 2.45) is 5.10 Å². The highest BCUT2D eigenvalue weighted by Crippen LogP contribution is 2.26. The lowest BCUT2D eigenvalue weighted by Crippen LogP contribution is -2.18. The van der Waals surface area contributed by atoms with Crippen LogP contribution >= 0.6 is 11.6 Å². The van der Waals surface area contributed by atoms with Gasteiger partial charge in [-0.25, -0.2) is 5.43 Å². The maximum atomic E-state index is 12.0. The zero-order valence-electron chi connectivity index (χ0n) is 12.9. The highest BCUT2D eigenvalue weighted by atomic mass is 35.5. The van der Waals surface area contributed by atoms with Crippen LogP contribution in [0.25, 0.3) is 0 Å². The number of nitro benzene ring substituents is 1. The number of rotatable bonds is 5. The van der Waals surface area contributed by atoms with Crippen molar-refractivity contribution in [1.82, 2.24) is 5.43 Å². The van der Waals surface area contributed by atoms with E-state index in [1.807, 2.05) is 6.92 Å². The number of nitrogens with zero attached hydrogens (tertiary/aromatic N) is 2. The number of hydrazone groups is 1. The number of halogens is 1. The quantitative estimate of drug-likeness (QED) is 0.510. The normalized spacial score (nSPS) is 10.6. The summed E-state index contributed by atoms with van der Waals surface area (Å²) in [5.41, 5.74) is 3.81. The maximum Gasteiger partial charge on any atom is 0.311 e. The van der Waals surface area contributed by atoms with Crippen LogP contribution in [0.5, 0.6) is 5.75 Å². The number of amides is 1.